The predicted octanol–water partition coefficient (Wildman–Crippen LogP) is -0.0259. The molecule has 0 aliphatic carbocycles. The number of amides is 2. The van der Waals surface area contributed by atoms with E-state index in [0.29, 0.717) is 16.7 Å². The first-order chi connectivity index (χ1) is 24.5. The summed E-state index contributed by atoms with van der Waals surface area (Å²) in [4.78, 5) is 89.5. The topological polar surface area (TPSA) is 259 Å². The molecular formula is C34H42N3O14P. The summed E-state index contributed by atoms with van der Waals surface area (Å²) in [7, 11) is -4.86. The Hall–Kier alpha value is -4.32. The van der Waals surface area contributed by atoms with Gasteiger partial charge in [-0.1, -0.05) is 49.4 Å². The van der Waals surface area contributed by atoms with Gasteiger partial charge >= 0.3 is 13.8 Å². The minimum Gasteiger partial charge on any atom is -0.404 e. The van der Waals surface area contributed by atoms with Crippen molar-refractivity contribution in [3.05, 3.63) is 77.5 Å². The number of benzene rings is 2. The molecule has 4 rings (SSSR count). The van der Waals surface area contributed by atoms with E-state index in [1.54, 1.807) is 37.3 Å². The van der Waals surface area contributed by atoms with Gasteiger partial charge in [0.15, 0.2) is 17.9 Å². The molecule has 2 aliphatic heterocycles. The maximum Gasteiger partial charge on any atom is 0.524 e. The van der Waals surface area contributed by atoms with Crippen LogP contribution in [0, 0.1) is 5.92 Å². The van der Waals surface area contributed by atoms with Crippen LogP contribution in [0.4, 0.5) is 0 Å². The molecule has 0 bridgehead atoms. The quantitative estimate of drug-likeness (QED) is 0.0676. The number of Topliss-reactive ketones (excluding diaryl/α,β-unsaturated/α-hetero) is 2. The lowest BCUT2D eigenvalue weighted by molar-refractivity contribution is -0.262. The second kappa shape index (κ2) is 17.9. The summed E-state index contributed by atoms with van der Waals surface area (Å²) < 4.78 is 21.1. The first-order valence-electron chi connectivity index (χ1n) is 16.4. The van der Waals surface area contributed by atoms with E-state index in [4.69, 9.17) is 19.4 Å². The highest BCUT2D eigenvalue weighted by atomic mass is 31.2. The zero-order valence-electron chi connectivity index (χ0n) is 28.4. The van der Waals surface area contributed by atoms with Crippen molar-refractivity contribution in [3.8, 4) is 5.75 Å². The highest BCUT2D eigenvalue weighted by molar-refractivity contribution is 7.46. The number of hydroxylamine groups is 1. The lowest BCUT2D eigenvalue weighted by Crippen LogP contribution is -2.63. The lowest BCUT2D eigenvalue weighted by Gasteiger charge is -2.40. The highest BCUT2D eigenvalue weighted by Crippen LogP contribution is 2.37. The summed E-state index contributed by atoms with van der Waals surface area (Å²) in [5.41, 5.74) is 3.59. The molecule has 7 N–H and O–H groups in total. The smallest absolute Gasteiger partial charge is 0.404 e. The van der Waals surface area contributed by atoms with Crippen LogP contribution in [0.2, 0.25) is 0 Å². The molecule has 52 heavy (non-hydrogen) atoms. The minimum atomic E-state index is -4.86. The van der Waals surface area contributed by atoms with Gasteiger partial charge in [-0.3, -0.25) is 29.0 Å². The van der Waals surface area contributed by atoms with Gasteiger partial charge in [-0.2, -0.15) is 0 Å². The van der Waals surface area contributed by atoms with Gasteiger partial charge in [0.05, 0.1) is 19.1 Å². The third-order valence-corrected chi connectivity index (χ3v) is 8.99. The van der Waals surface area contributed by atoms with Gasteiger partial charge in [-0.15, -0.1) is 5.48 Å². The number of phosphoric ester groups is 1. The van der Waals surface area contributed by atoms with Crippen LogP contribution >= 0.6 is 7.82 Å². The van der Waals surface area contributed by atoms with Crippen LogP contribution in [0.25, 0.3) is 0 Å². The monoisotopic (exact) mass is 747 g/mol. The van der Waals surface area contributed by atoms with E-state index < -0.39 is 74.0 Å². The Balaban J connectivity index is 1.55. The largest absolute Gasteiger partial charge is 0.524 e. The van der Waals surface area contributed by atoms with Crippen molar-refractivity contribution in [2.24, 2.45) is 5.92 Å². The number of carbonyl (C=O) groups excluding carboxylic acids is 5. The zero-order valence-corrected chi connectivity index (χ0v) is 29.3. The number of ether oxygens (including phenoxy) is 1. The van der Waals surface area contributed by atoms with E-state index in [2.05, 4.69) is 15.3 Å². The summed E-state index contributed by atoms with van der Waals surface area (Å²) in [6, 6.07) is 11.0. The molecule has 0 radical (unpaired) electrons. The van der Waals surface area contributed by atoms with Gasteiger partial charge in [0.2, 0.25) is 11.8 Å². The van der Waals surface area contributed by atoms with Gasteiger partial charge < -0.3 is 39.6 Å². The van der Waals surface area contributed by atoms with Crippen molar-refractivity contribution >= 4 is 37.2 Å². The fourth-order valence-corrected chi connectivity index (χ4v) is 6.12. The number of carbonyl (C=O) groups is 5. The number of aliphatic hydroxyl groups is 3. The molecule has 1 fully saturated rings. The molecule has 282 valence electrons. The number of aliphatic hydroxyl groups excluding tert-OH is 3. The summed E-state index contributed by atoms with van der Waals surface area (Å²) in [5.74, 6) is -4.48. The van der Waals surface area contributed by atoms with E-state index in [1.807, 2.05) is 0 Å². The van der Waals surface area contributed by atoms with Crippen molar-refractivity contribution in [1.82, 2.24) is 15.7 Å². The van der Waals surface area contributed by atoms with Crippen LogP contribution in [0.15, 0.2) is 66.4 Å². The summed E-state index contributed by atoms with van der Waals surface area (Å²) in [6.07, 6.45) is -4.97. The van der Waals surface area contributed by atoms with Crippen LogP contribution in [-0.4, -0.2) is 103 Å². The zero-order chi connectivity index (χ0) is 38.2. The van der Waals surface area contributed by atoms with E-state index in [9.17, 15) is 43.9 Å². The molecule has 2 aromatic rings. The lowest BCUT2D eigenvalue weighted by atomic mass is 9.92. The number of ketones is 2. The molecule has 18 heteroatoms. The Bertz CT molecular complexity index is 1680. The predicted molar refractivity (Wildman–Crippen MR) is 179 cm³/mol. The third kappa shape index (κ3) is 11.3. The van der Waals surface area contributed by atoms with Gasteiger partial charge in [-0.05, 0) is 43.0 Å². The van der Waals surface area contributed by atoms with Gasteiger partial charge in [0.1, 0.15) is 30.0 Å². The van der Waals surface area contributed by atoms with Crippen LogP contribution < -0.4 is 15.3 Å². The van der Waals surface area contributed by atoms with Crippen LogP contribution in [-0.2, 0) is 51.0 Å². The number of hydrogen-bond donors (Lipinski definition) is 7. The molecule has 0 aromatic heterocycles. The molecule has 2 aromatic carbocycles. The fraction of sp³-hybridized carbons (Fsp3) is 0.441. The molecule has 2 heterocycles. The number of phosphoric acid groups is 1. The maximum atomic E-state index is 13.9. The third-order valence-electron chi connectivity index (χ3n) is 8.54. The SMILES string of the molecule is CC[C@H]1O[C@@H](O)C(NOC(=O)[C@H](Cc2ccc(OP(=O)(O)O)cc2)NC(=O)[C@@H](CC(=O)CN2C=C(C)C(=O)CC2=O)Cc2ccccc2)[C@@H](O)[C@@H]1O. The van der Waals surface area contributed by atoms with E-state index in [-0.39, 0.29) is 50.2 Å². The van der Waals surface area contributed by atoms with E-state index in [1.165, 1.54) is 37.4 Å². The summed E-state index contributed by atoms with van der Waals surface area (Å²) in [6.45, 7) is 2.81. The Labute approximate surface area is 298 Å². The van der Waals surface area contributed by atoms with Crippen molar-refractivity contribution in [2.75, 3.05) is 6.54 Å². The molecule has 2 aliphatic rings. The molecule has 1 unspecified atom stereocenters. The average Bonchev–Trinajstić information content (AvgIpc) is 3.08. The normalized spacial score (nSPS) is 23.3. The Morgan fingerprint density at radius 2 is 1.63 bits per heavy atom. The van der Waals surface area contributed by atoms with E-state index >= 15 is 0 Å². The summed E-state index contributed by atoms with van der Waals surface area (Å²) >= 11 is 0. The fourth-order valence-electron chi connectivity index (χ4n) is 5.73. The Morgan fingerprint density at radius 3 is 2.27 bits per heavy atom. The Morgan fingerprint density at radius 1 is 0.981 bits per heavy atom. The molecule has 17 nitrogen and oxygen atoms in total. The van der Waals surface area contributed by atoms with Crippen LogP contribution in [0.1, 0.15) is 44.2 Å². The summed E-state index contributed by atoms with van der Waals surface area (Å²) in [5, 5.41) is 33.9. The molecule has 0 spiro atoms. The minimum absolute atomic E-state index is 0.0580. The first-order valence-corrected chi connectivity index (χ1v) is 17.9. The van der Waals surface area contributed by atoms with Gasteiger partial charge in [0, 0.05) is 30.5 Å². The van der Waals surface area contributed by atoms with Gasteiger partial charge in [0.25, 0.3) is 0 Å². The maximum absolute atomic E-state index is 13.9. The van der Waals surface area contributed by atoms with Crippen molar-refractivity contribution < 1.29 is 67.7 Å². The van der Waals surface area contributed by atoms with Crippen molar-refractivity contribution in [1.29, 1.82) is 0 Å². The molecule has 0 saturated carbocycles. The van der Waals surface area contributed by atoms with E-state index in [0.717, 1.165) is 4.90 Å². The number of hydrogen-bond acceptors (Lipinski definition) is 13. The molecule has 2 amide bonds. The van der Waals surface area contributed by atoms with Gasteiger partial charge in [-0.25, -0.2) is 9.36 Å². The number of rotatable bonds is 16. The number of nitrogens with zero attached hydrogens (tertiary/aromatic N) is 1. The second-order valence-electron chi connectivity index (χ2n) is 12.6. The Kier molecular flexibility index (Phi) is 14.0. The standard InChI is InChI=1S/C34H42N3O14P/c1-3-27-30(41)31(42)29(34(45)49-27)36-50-33(44)25(14-21-9-11-24(12-10-21)51-52(46,47)48)35-32(43)22(13-20-7-5-4-6-8-20)15-23(38)18-37-17-19(2)26(39)16-28(37)40/h4-12,17,22,25,27,29-31,34,36,41-42,45H,3,13-16,18H2,1-2H3,(H,35,43)(H2,46,47,48)/t22-,25+,27-,29?,30-,31-,34-/m1/s1. The molecular weight excluding hydrogens is 705 g/mol. The molecule has 7 atom stereocenters. The number of allylic oxidation sites excluding steroid dienone is 1. The van der Waals surface area contributed by atoms with Crippen LogP contribution in [0.5, 0.6) is 5.75 Å². The van der Waals surface area contributed by atoms with Crippen LogP contribution in [0.3, 0.4) is 0 Å². The highest BCUT2D eigenvalue weighted by Gasteiger charge is 2.44. The second-order valence-corrected chi connectivity index (χ2v) is 13.7. The first kappa shape index (κ1) is 40.5. The van der Waals surface area contributed by atoms with Crippen molar-refractivity contribution in [2.45, 2.75) is 82.6 Å². The number of nitrogens with one attached hydrogen (secondary N) is 2. The van der Waals surface area contributed by atoms with Crippen molar-refractivity contribution in [3.63, 3.8) is 0 Å². The molecule has 1 saturated heterocycles. The average molecular weight is 748 g/mol.